The van der Waals surface area contributed by atoms with Crippen molar-refractivity contribution in [1.29, 1.82) is 0 Å². The number of nitrogens with zero attached hydrogens (tertiary/aromatic N) is 1. The van der Waals surface area contributed by atoms with Crippen LogP contribution in [0, 0.1) is 5.82 Å². The van der Waals surface area contributed by atoms with E-state index in [0.717, 1.165) is 0 Å². The largest absolute Gasteiger partial charge is 0.396 e. The molecule has 2 nitrogen and oxygen atoms in total. The van der Waals surface area contributed by atoms with Crippen LogP contribution in [0.4, 0.5) is 4.39 Å². The molecule has 1 radical (unpaired) electrons. The topological polar surface area (TPSA) is 21.6 Å². The number of halogens is 1. The zero-order chi connectivity index (χ0) is 8.81. The SMILES string of the molecule is CCO/N=[C]/c1ccc(F)cc1. The van der Waals surface area contributed by atoms with Gasteiger partial charge < -0.3 is 4.84 Å². The van der Waals surface area contributed by atoms with Crippen LogP contribution in [0.25, 0.3) is 0 Å². The van der Waals surface area contributed by atoms with Crippen molar-refractivity contribution in [2.75, 3.05) is 6.61 Å². The molecule has 12 heavy (non-hydrogen) atoms. The Hall–Kier alpha value is -1.38. The summed E-state index contributed by atoms with van der Waals surface area (Å²) in [7, 11) is 0. The molecule has 0 aromatic heterocycles. The van der Waals surface area contributed by atoms with Crippen molar-refractivity contribution in [1.82, 2.24) is 0 Å². The van der Waals surface area contributed by atoms with Gasteiger partial charge in [-0.1, -0.05) is 5.16 Å². The maximum atomic E-state index is 12.4. The third-order valence-corrected chi connectivity index (χ3v) is 1.21. The number of hydrogen-bond acceptors (Lipinski definition) is 2. The first-order chi connectivity index (χ1) is 5.83. The molecule has 0 N–H and O–H groups in total. The Morgan fingerprint density at radius 1 is 1.42 bits per heavy atom. The van der Waals surface area contributed by atoms with Gasteiger partial charge in [-0.3, -0.25) is 0 Å². The van der Waals surface area contributed by atoms with Gasteiger partial charge >= 0.3 is 0 Å². The summed E-state index contributed by atoms with van der Waals surface area (Å²) in [5.74, 6) is -0.267. The summed E-state index contributed by atoms with van der Waals surface area (Å²) in [5.41, 5.74) is 0.699. The van der Waals surface area contributed by atoms with Crippen molar-refractivity contribution in [3.8, 4) is 0 Å². The summed E-state index contributed by atoms with van der Waals surface area (Å²) in [4.78, 5) is 4.69. The molecule has 0 aliphatic rings. The molecule has 3 heteroatoms. The van der Waals surface area contributed by atoms with Crippen LogP contribution in [0.5, 0.6) is 0 Å². The van der Waals surface area contributed by atoms with E-state index in [0.29, 0.717) is 12.2 Å². The van der Waals surface area contributed by atoms with Gasteiger partial charge in [-0.25, -0.2) is 4.39 Å². The molecule has 0 bridgehead atoms. The molecule has 0 aliphatic heterocycles. The first-order valence-electron chi connectivity index (χ1n) is 3.66. The van der Waals surface area contributed by atoms with E-state index in [4.69, 9.17) is 0 Å². The predicted octanol–water partition coefficient (Wildman–Crippen LogP) is 2.07. The van der Waals surface area contributed by atoms with Crippen LogP contribution < -0.4 is 0 Å². The summed E-state index contributed by atoms with van der Waals surface area (Å²) < 4.78 is 12.4. The molecule has 0 unspecified atom stereocenters. The minimum atomic E-state index is -0.267. The Kier molecular flexibility index (Phi) is 3.26. The zero-order valence-electron chi connectivity index (χ0n) is 6.75. The van der Waals surface area contributed by atoms with Gasteiger partial charge in [-0.15, -0.1) is 0 Å². The Morgan fingerprint density at radius 2 is 2.08 bits per heavy atom. The predicted molar refractivity (Wildman–Crippen MR) is 44.6 cm³/mol. The van der Waals surface area contributed by atoms with E-state index in [1.807, 2.05) is 6.92 Å². The molecule has 0 fully saturated rings. The van der Waals surface area contributed by atoms with E-state index in [1.165, 1.54) is 12.1 Å². The fourth-order valence-corrected chi connectivity index (χ4v) is 0.674. The smallest absolute Gasteiger partial charge is 0.139 e. The molecule has 0 amide bonds. The Balaban J connectivity index is 2.58. The number of benzene rings is 1. The lowest BCUT2D eigenvalue weighted by atomic mass is 10.2. The normalized spacial score (nSPS) is 10.5. The van der Waals surface area contributed by atoms with Crippen LogP contribution in [-0.4, -0.2) is 12.8 Å². The Labute approximate surface area is 70.7 Å². The third kappa shape index (κ3) is 2.70. The summed E-state index contributed by atoms with van der Waals surface area (Å²) in [5, 5.41) is 3.52. The summed E-state index contributed by atoms with van der Waals surface area (Å²) in [6, 6.07) is 5.86. The van der Waals surface area contributed by atoms with E-state index < -0.39 is 0 Å². The second kappa shape index (κ2) is 4.49. The van der Waals surface area contributed by atoms with Gasteiger partial charge in [-0.05, 0) is 31.2 Å². The van der Waals surface area contributed by atoms with E-state index in [1.54, 1.807) is 12.1 Å². The van der Waals surface area contributed by atoms with Gasteiger partial charge in [0.05, 0.1) is 0 Å². The highest BCUT2D eigenvalue weighted by atomic mass is 19.1. The van der Waals surface area contributed by atoms with Crippen LogP contribution in [0.3, 0.4) is 0 Å². The molecule has 1 aromatic carbocycles. The first kappa shape index (κ1) is 8.71. The summed E-state index contributed by atoms with van der Waals surface area (Å²) in [6.45, 7) is 2.34. The standard InChI is InChI=1S/C9H9FNO/c1-2-12-11-7-8-3-5-9(10)6-4-8/h3-6H,2H2,1H3. The molecular weight excluding hydrogens is 157 g/mol. The van der Waals surface area contributed by atoms with Crippen molar-refractivity contribution in [3.05, 3.63) is 35.6 Å². The monoisotopic (exact) mass is 166 g/mol. The van der Waals surface area contributed by atoms with Crippen molar-refractivity contribution in [2.24, 2.45) is 5.16 Å². The van der Waals surface area contributed by atoms with Crippen molar-refractivity contribution >= 4 is 6.21 Å². The Bertz CT molecular complexity index is 256. The number of rotatable bonds is 3. The van der Waals surface area contributed by atoms with Crippen LogP contribution >= 0.6 is 0 Å². The minimum Gasteiger partial charge on any atom is -0.396 e. The maximum absolute atomic E-state index is 12.4. The molecule has 0 saturated carbocycles. The molecule has 1 rings (SSSR count). The second-order valence-corrected chi connectivity index (χ2v) is 2.13. The molecule has 1 aromatic rings. The zero-order valence-corrected chi connectivity index (χ0v) is 6.75. The van der Waals surface area contributed by atoms with Gasteiger partial charge in [0.15, 0.2) is 0 Å². The fraction of sp³-hybridized carbons (Fsp3) is 0.222. The number of hydrogen-bond donors (Lipinski definition) is 0. The Morgan fingerprint density at radius 3 is 2.67 bits per heavy atom. The molecular formula is C9H9FNO. The lowest BCUT2D eigenvalue weighted by Gasteiger charge is -1.91. The summed E-state index contributed by atoms with van der Waals surface area (Å²) in [6.07, 6.45) is 2.61. The van der Waals surface area contributed by atoms with Crippen LogP contribution in [0.15, 0.2) is 29.4 Å². The van der Waals surface area contributed by atoms with E-state index >= 15 is 0 Å². The van der Waals surface area contributed by atoms with E-state index in [-0.39, 0.29) is 5.82 Å². The van der Waals surface area contributed by atoms with Crippen molar-refractivity contribution in [3.63, 3.8) is 0 Å². The first-order valence-corrected chi connectivity index (χ1v) is 3.66. The van der Waals surface area contributed by atoms with Gasteiger partial charge in [0.2, 0.25) is 0 Å². The molecule has 0 spiro atoms. The lowest BCUT2D eigenvalue weighted by Crippen LogP contribution is -1.84. The quantitative estimate of drug-likeness (QED) is 0.497. The highest BCUT2D eigenvalue weighted by Gasteiger charge is 1.89. The average molecular weight is 166 g/mol. The maximum Gasteiger partial charge on any atom is 0.139 e. The highest BCUT2D eigenvalue weighted by molar-refractivity contribution is 5.78. The van der Waals surface area contributed by atoms with Gasteiger partial charge in [0.25, 0.3) is 0 Å². The van der Waals surface area contributed by atoms with Crippen molar-refractivity contribution in [2.45, 2.75) is 6.92 Å². The fourth-order valence-electron chi connectivity index (χ4n) is 0.674. The highest BCUT2D eigenvalue weighted by Crippen LogP contribution is 1.99. The lowest BCUT2D eigenvalue weighted by molar-refractivity contribution is 0.160. The van der Waals surface area contributed by atoms with Crippen LogP contribution in [0.1, 0.15) is 12.5 Å². The van der Waals surface area contributed by atoms with Crippen molar-refractivity contribution < 1.29 is 9.23 Å². The molecule has 0 aliphatic carbocycles. The molecule has 0 saturated heterocycles. The van der Waals surface area contributed by atoms with Crippen LogP contribution in [-0.2, 0) is 4.84 Å². The summed E-state index contributed by atoms with van der Waals surface area (Å²) >= 11 is 0. The van der Waals surface area contributed by atoms with Gasteiger partial charge in [-0.2, -0.15) is 0 Å². The van der Waals surface area contributed by atoms with Gasteiger partial charge in [0.1, 0.15) is 18.6 Å². The van der Waals surface area contributed by atoms with Crippen LogP contribution in [0.2, 0.25) is 0 Å². The average Bonchev–Trinajstić information content (AvgIpc) is 2.09. The third-order valence-electron chi connectivity index (χ3n) is 1.21. The van der Waals surface area contributed by atoms with E-state index in [9.17, 15) is 4.39 Å². The van der Waals surface area contributed by atoms with Gasteiger partial charge in [0, 0.05) is 5.56 Å². The van der Waals surface area contributed by atoms with E-state index in [2.05, 4.69) is 16.2 Å². The molecule has 0 heterocycles. The minimum absolute atomic E-state index is 0.267. The molecule has 63 valence electrons. The second-order valence-electron chi connectivity index (χ2n) is 2.13. The molecule has 0 atom stereocenters.